The van der Waals surface area contributed by atoms with Gasteiger partial charge in [0, 0.05) is 82.9 Å². The minimum atomic E-state index is -3.72. The number of unbranched alkanes of at least 4 members (excludes halogenated alkanes) is 4. The van der Waals surface area contributed by atoms with Gasteiger partial charge in [-0.1, -0.05) is 66.9 Å². The lowest BCUT2D eigenvalue weighted by Gasteiger charge is -2.31. The zero-order chi connectivity index (χ0) is 59.9. The summed E-state index contributed by atoms with van der Waals surface area (Å²) in [5.74, 6) is 3.25. The number of likely N-dealkylation sites (N-methyl/N-ethyl adjacent to an activating group) is 1. The molecule has 4 heterocycles. The highest BCUT2D eigenvalue weighted by Gasteiger charge is 2.23. The van der Waals surface area contributed by atoms with Crippen LogP contribution in [0, 0.1) is 0 Å². The van der Waals surface area contributed by atoms with Crippen LogP contribution in [0.5, 0.6) is 23.0 Å². The summed E-state index contributed by atoms with van der Waals surface area (Å²) in [4.78, 5) is 6.63. The van der Waals surface area contributed by atoms with Crippen molar-refractivity contribution in [1.82, 2.24) is 4.90 Å². The summed E-state index contributed by atoms with van der Waals surface area (Å²) in [7, 11) is 0.623. The largest absolute Gasteiger partial charge is 0.707 e. The topological polar surface area (TPSA) is 228 Å². The van der Waals surface area contributed by atoms with E-state index in [0.29, 0.717) is 51.6 Å². The molecule has 464 valence electrons. The fourth-order valence-electron chi connectivity index (χ4n) is 7.05. The van der Waals surface area contributed by atoms with Gasteiger partial charge in [-0.15, -0.1) is 28.3 Å². The fraction of sp³-hybridized carbons (Fsp3) is 0.571. The molecule has 0 bridgehead atoms. The number of aryl methyl sites for hydroxylation is 1. The Balaban J connectivity index is 0.000000642. The number of hydrazone groups is 1. The number of pyridine rings is 1. The maximum absolute atomic E-state index is 9.92. The first kappa shape index (κ1) is 74.7. The summed E-state index contributed by atoms with van der Waals surface area (Å²) in [5.41, 5.74) is 5.66. The van der Waals surface area contributed by atoms with Crippen LogP contribution in [-0.2, 0) is 49.7 Å². The van der Waals surface area contributed by atoms with Gasteiger partial charge in [0.2, 0.25) is 5.69 Å². The molecule has 1 aromatic heterocycles. The van der Waals surface area contributed by atoms with E-state index in [2.05, 4.69) is 78.6 Å². The number of anilines is 3. The van der Waals surface area contributed by atoms with Gasteiger partial charge in [-0.3, -0.25) is 13.4 Å². The van der Waals surface area contributed by atoms with Crippen LogP contribution >= 0.6 is 23.2 Å². The molecule has 3 aromatic rings. The van der Waals surface area contributed by atoms with Crippen LogP contribution in [0.25, 0.3) is 0 Å². The van der Waals surface area contributed by atoms with Crippen molar-refractivity contribution in [2.45, 2.75) is 86.5 Å². The molecule has 0 saturated carbocycles. The molecule has 3 aliphatic rings. The molecule has 0 amide bonds. The molecule has 22 nitrogen and oxygen atoms in total. The maximum Gasteiger partial charge on any atom is 0.399 e. The number of hydrogen-bond acceptors (Lipinski definition) is 21. The zero-order valence-electron chi connectivity index (χ0n) is 48.8. The number of rotatable bonds is 26. The minimum Gasteiger partial charge on any atom is -0.707 e. The van der Waals surface area contributed by atoms with Crippen LogP contribution < -0.4 is 43.6 Å². The Morgan fingerprint density at radius 3 is 1.63 bits per heavy atom. The van der Waals surface area contributed by atoms with Gasteiger partial charge in [0.25, 0.3) is 10.1 Å². The molecular weight excluding hydrogens is 1140 g/mol. The molecule has 2 fully saturated rings. The van der Waals surface area contributed by atoms with Crippen molar-refractivity contribution in [3.8, 4) is 23.0 Å². The Morgan fingerprint density at radius 2 is 1.20 bits per heavy atom. The van der Waals surface area contributed by atoms with E-state index < -0.39 is 20.5 Å². The summed E-state index contributed by atoms with van der Waals surface area (Å²) < 4.78 is 87.1. The molecule has 3 aliphatic heterocycles. The van der Waals surface area contributed by atoms with Crippen molar-refractivity contribution in [3.05, 3.63) is 90.7 Å². The summed E-state index contributed by atoms with van der Waals surface area (Å²) in [6.45, 7) is 17.6. The Kier molecular flexibility index (Phi) is 39.5. The van der Waals surface area contributed by atoms with Gasteiger partial charge >= 0.3 is 10.4 Å². The number of hydrogen-bond donors (Lipinski definition) is 0. The number of benzene rings is 2. The first-order valence-electron chi connectivity index (χ1n) is 26.9. The minimum absolute atomic E-state index is 0. The standard InChI is InChI=1S/C26H39N4O3.C25H36N4O3.C2H6O4S.CH2Cl2.CH4O4S.CH4/c1-5-7-15-32-25-20-24(30-13-17-31-18-14-30)26(33-16-8-6-2)19-23(25)29(4)27-21-22-11-9-10-12-28(22)3;1-4-6-14-31-24-19-23(29-12-16-30-17-13-29)25(32-15-7-5-2)18-22(24)27-26-20-21-10-8-9-11-28(21)3;1-5-7(3,4)6-2;2-1-3;1-6(3,4)5-2;/h9-12,19-21H,5-8,13-18H2,1-4H3;8-11,18-20H,4-7,12-17H2,1-3H3;1-2H3;1H2;2H,1H3;1H4/q+1;;;;;/p-1/b;21-20+,27-26?;;;;. The van der Waals surface area contributed by atoms with Crippen molar-refractivity contribution in [2.75, 3.05) is 134 Å². The lowest BCUT2D eigenvalue weighted by atomic mass is 10.2. The van der Waals surface area contributed by atoms with E-state index in [1.807, 2.05) is 96.7 Å². The van der Waals surface area contributed by atoms with Crippen LogP contribution in [0.4, 0.5) is 22.7 Å². The molecule has 2 saturated heterocycles. The third-order valence-corrected chi connectivity index (χ3v) is 12.7. The smallest absolute Gasteiger partial charge is 0.399 e. The van der Waals surface area contributed by atoms with E-state index in [1.165, 1.54) is 0 Å². The summed E-state index contributed by atoms with van der Waals surface area (Å²) in [6.07, 6.45) is 22.6. The number of morpholine rings is 2. The lowest BCUT2D eigenvalue weighted by molar-refractivity contribution is -0.672. The second kappa shape index (κ2) is 43.4. The summed E-state index contributed by atoms with van der Waals surface area (Å²) in [6, 6.07) is 14.3. The molecule has 0 atom stereocenters. The van der Waals surface area contributed by atoms with Crippen molar-refractivity contribution in [3.63, 3.8) is 0 Å². The third kappa shape index (κ3) is 29.8. The van der Waals surface area contributed by atoms with E-state index >= 15 is 0 Å². The molecule has 26 heteroatoms. The average Bonchev–Trinajstić information content (AvgIpc) is 3.64. The number of allylic oxidation sites excluding steroid dienone is 3. The summed E-state index contributed by atoms with van der Waals surface area (Å²) >= 11 is 9.53. The predicted molar refractivity (Wildman–Crippen MR) is 325 cm³/mol. The van der Waals surface area contributed by atoms with Crippen molar-refractivity contribution in [1.29, 1.82) is 0 Å². The molecule has 0 N–H and O–H groups in total. The average molecular weight is 1230 g/mol. The molecule has 0 radical (unpaired) electrons. The van der Waals surface area contributed by atoms with Gasteiger partial charge in [-0.2, -0.15) is 18.6 Å². The van der Waals surface area contributed by atoms with E-state index in [4.69, 9.17) is 62.0 Å². The van der Waals surface area contributed by atoms with Crippen LogP contribution in [0.1, 0.15) is 92.2 Å². The van der Waals surface area contributed by atoms with Gasteiger partial charge in [0.1, 0.15) is 47.6 Å². The van der Waals surface area contributed by atoms with E-state index in [0.717, 1.165) is 156 Å². The second-order valence-corrected chi connectivity index (χ2v) is 21.6. The van der Waals surface area contributed by atoms with Gasteiger partial charge in [-0.25, -0.2) is 13.0 Å². The number of aromatic nitrogens is 1. The SMILES string of the molecule is C.CCCCOc1cc(N(C)/N=C/c2cccc[n+]2C)c(OCCCC)cc1N1CCOCC1.CCCCOc1cc(N2CCOCC2)c(OCCCC)cc1N=N/C=C1\C=CC=CN1C.COS(=O)(=O)OC.CS(=O)(=O)O[O-].ClCCl. The Morgan fingerprint density at radius 1 is 0.732 bits per heavy atom. The molecule has 82 heavy (non-hydrogen) atoms. The van der Waals surface area contributed by atoms with Crippen LogP contribution in [-0.4, -0.2) is 147 Å². The van der Waals surface area contributed by atoms with Gasteiger partial charge in [0.05, 0.1) is 102 Å². The predicted octanol–water partition coefficient (Wildman–Crippen LogP) is 9.82. The van der Waals surface area contributed by atoms with E-state index in [-0.39, 0.29) is 12.8 Å². The lowest BCUT2D eigenvalue weighted by Crippen LogP contribution is -2.36. The fourth-order valence-corrected chi connectivity index (χ4v) is 7.18. The Labute approximate surface area is 499 Å². The normalized spacial score (nSPS) is 14.5. The highest BCUT2D eigenvalue weighted by Crippen LogP contribution is 2.42. The molecule has 0 spiro atoms. The van der Waals surface area contributed by atoms with Crippen LogP contribution in [0.2, 0.25) is 0 Å². The molecule has 2 aromatic carbocycles. The van der Waals surface area contributed by atoms with Gasteiger partial charge in [-0.05, 0) is 43.9 Å². The number of ether oxygens (including phenoxy) is 6. The second-order valence-electron chi connectivity index (χ2n) is 17.8. The quantitative estimate of drug-likeness (QED) is 0.0138. The highest BCUT2D eigenvalue weighted by molar-refractivity contribution is 7.85. The van der Waals surface area contributed by atoms with Gasteiger partial charge in [0.15, 0.2) is 6.20 Å². The van der Waals surface area contributed by atoms with Crippen LogP contribution in [0.15, 0.2) is 100 Å². The van der Waals surface area contributed by atoms with Gasteiger partial charge < -0.3 is 52.7 Å². The van der Waals surface area contributed by atoms with E-state index in [1.54, 1.807) is 6.20 Å². The summed E-state index contributed by atoms with van der Waals surface area (Å²) in [5, 5.41) is 24.5. The Bertz CT molecular complexity index is 2610. The third-order valence-electron chi connectivity index (χ3n) is 11.6. The number of halogens is 2. The Hall–Kier alpha value is -5.28. The van der Waals surface area contributed by atoms with Crippen molar-refractivity contribution >= 4 is 72.7 Å². The molecule has 6 rings (SSSR count). The molecule has 0 unspecified atom stereocenters. The van der Waals surface area contributed by atoms with Crippen LogP contribution in [0.3, 0.4) is 0 Å². The maximum atomic E-state index is 9.92. The zero-order valence-corrected chi connectivity index (χ0v) is 51.9. The van der Waals surface area contributed by atoms with E-state index in [9.17, 15) is 16.8 Å². The number of nitrogens with zero attached hydrogens (tertiary/aromatic N) is 8. The first-order valence-corrected chi connectivity index (χ1v) is 31.1. The molecular formula is C56H90Cl2N8O14S2. The first-order chi connectivity index (χ1) is 39.0. The number of azo groups is 1. The van der Waals surface area contributed by atoms with Crippen molar-refractivity contribution < 1.29 is 67.8 Å². The molecule has 0 aliphatic carbocycles. The number of alkyl halides is 2. The monoisotopic (exact) mass is 1230 g/mol. The highest BCUT2D eigenvalue weighted by atomic mass is 35.5. The van der Waals surface area contributed by atoms with Crippen molar-refractivity contribution in [2.24, 2.45) is 22.4 Å².